The Kier molecular flexibility index (Phi) is 24.9. The SMILES string of the molecule is O=C(O)C(O)CO.O=C(O)C(O)CO.O=C(O)C(O)CO.[Pr]. The number of rotatable bonds is 6. The molecule has 129 valence electrons. The number of hydrogen-bond donors (Lipinski definition) is 9. The van der Waals surface area contributed by atoms with Gasteiger partial charge in [0.05, 0.1) is 19.8 Å². The third-order valence-electron chi connectivity index (χ3n) is 1.37. The van der Waals surface area contributed by atoms with E-state index in [1.54, 1.807) is 0 Å². The predicted octanol–water partition coefficient (Wildman–Crippen LogP) is -4.73. The van der Waals surface area contributed by atoms with E-state index in [1.807, 2.05) is 0 Å². The van der Waals surface area contributed by atoms with E-state index in [9.17, 15) is 14.4 Å². The van der Waals surface area contributed by atoms with E-state index in [4.69, 9.17) is 46.0 Å². The second kappa shape index (κ2) is 18.6. The van der Waals surface area contributed by atoms with Crippen LogP contribution in [-0.2, 0) is 14.4 Å². The molecule has 0 aromatic carbocycles. The smallest absolute Gasteiger partial charge is 0.334 e. The van der Waals surface area contributed by atoms with Gasteiger partial charge in [0, 0.05) is 41.3 Å². The molecular formula is C9H18O12Pr. The Balaban J connectivity index is -0.000000108. The van der Waals surface area contributed by atoms with Crippen LogP contribution in [-0.4, -0.2) is 102 Å². The van der Waals surface area contributed by atoms with Gasteiger partial charge in [-0.3, -0.25) is 0 Å². The fraction of sp³-hybridized carbons (Fsp3) is 0.667. The molecule has 0 saturated carbocycles. The average Bonchev–Trinajstić information content (AvgIpc) is 2.45. The van der Waals surface area contributed by atoms with Crippen LogP contribution in [0.15, 0.2) is 0 Å². The number of hydrogen-bond acceptors (Lipinski definition) is 9. The Labute approximate surface area is 157 Å². The molecular weight excluding hydrogens is 441 g/mol. The Hall–Kier alpha value is -0.466. The molecule has 1 radical (unpaired) electrons. The van der Waals surface area contributed by atoms with Gasteiger partial charge >= 0.3 is 17.9 Å². The number of carbonyl (C=O) groups is 3. The summed E-state index contributed by atoms with van der Waals surface area (Å²) in [5.41, 5.74) is 0. The van der Waals surface area contributed by atoms with Gasteiger partial charge in [-0.15, -0.1) is 0 Å². The second-order valence-corrected chi connectivity index (χ2v) is 3.11. The van der Waals surface area contributed by atoms with Gasteiger partial charge in [0.2, 0.25) is 0 Å². The summed E-state index contributed by atoms with van der Waals surface area (Å²) in [6.07, 6.45) is -4.88. The Morgan fingerprint density at radius 2 is 0.727 bits per heavy atom. The number of carboxylic acids is 3. The Bertz CT molecular complexity index is 261. The van der Waals surface area contributed by atoms with Crippen LogP contribution < -0.4 is 0 Å². The van der Waals surface area contributed by atoms with Crippen molar-refractivity contribution in [2.45, 2.75) is 18.3 Å². The molecule has 12 nitrogen and oxygen atoms in total. The fourth-order valence-corrected chi connectivity index (χ4v) is 0.234. The third kappa shape index (κ3) is 21.8. The van der Waals surface area contributed by atoms with Crippen LogP contribution >= 0.6 is 0 Å². The molecule has 0 saturated heterocycles. The molecule has 22 heavy (non-hydrogen) atoms. The topological polar surface area (TPSA) is 233 Å². The zero-order valence-corrected chi connectivity index (χ0v) is 14.9. The summed E-state index contributed by atoms with van der Waals surface area (Å²) in [7, 11) is 0. The van der Waals surface area contributed by atoms with Crippen molar-refractivity contribution in [3.63, 3.8) is 0 Å². The third-order valence-corrected chi connectivity index (χ3v) is 1.37. The van der Waals surface area contributed by atoms with E-state index in [-0.39, 0.29) is 41.3 Å². The van der Waals surface area contributed by atoms with E-state index in [0.29, 0.717) is 0 Å². The van der Waals surface area contributed by atoms with Crippen LogP contribution in [0.1, 0.15) is 0 Å². The first-order chi connectivity index (χ1) is 9.54. The summed E-state index contributed by atoms with van der Waals surface area (Å²) in [4.78, 5) is 28.6. The first-order valence-corrected chi connectivity index (χ1v) is 5.10. The van der Waals surface area contributed by atoms with E-state index in [0.717, 1.165) is 0 Å². The second-order valence-electron chi connectivity index (χ2n) is 3.11. The molecule has 0 aliphatic carbocycles. The van der Waals surface area contributed by atoms with Crippen molar-refractivity contribution in [3.8, 4) is 0 Å². The molecule has 9 N–H and O–H groups in total. The molecule has 0 aromatic rings. The largest absolute Gasteiger partial charge is 0.479 e. The summed E-state index contributed by atoms with van der Waals surface area (Å²) in [6.45, 7) is -2.18. The minimum atomic E-state index is -1.63. The van der Waals surface area contributed by atoms with Gasteiger partial charge in [0.1, 0.15) is 0 Å². The monoisotopic (exact) mass is 459 g/mol. The summed E-state index contributed by atoms with van der Waals surface area (Å²) in [5.74, 6) is -4.20. The van der Waals surface area contributed by atoms with Crippen molar-refractivity contribution < 1.29 is 102 Å². The van der Waals surface area contributed by atoms with Crippen LogP contribution in [0.5, 0.6) is 0 Å². The number of aliphatic hydroxyl groups excluding tert-OH is 6. The van der Waals surface area contributed by atoms with Crippen molar-refractivity contribution in [1.82, 2.24) is 0 Å². The molecule has 0 aliphatic rings. The first-order valence-electron chi connectivity index (χ1n) is 5.10. The van der Waals surface area contributed by atoms with Crippen LogP contribution in [0.25, 0.3) is 0 Å². The quantitative estimate of drug-likeness (QED) is 0.182. The minimum absolute atomic E-state index is 0. The summed E-state index contributed by atoms with van der Waals surface area (Å²) in [6, 6.07) is 0. The van der Waals surface area contributed by atoms with Crippen LogP contribution in [0.2, 0.25) is 0 Å². The van der Waals surface area contributed by atoms with Crippen LogP contribution in [0.3, 0.4) is 0 Å². The molecule has 0 bridgehead atoms. The molecule has 13 heteroatoms. The molecule has 3 atom stereocenters. The van der Waals surface area contributed by atoms with Gasteiger partial charge < -0.3 is 46.0 Å². The maximum absolute atomic E-state index is 9.52. The van der Waals surface area contributed by atoms with Gasteiger partial charge in [-0.05, 0) is 0 Å². The summed E-state index contributed by atoms with van der Waals surface area (Å²) >= 11 is 0. The van der Waals surface area contributed by atoms with Crippen molar-refractivity contribution in [1.29, 1.82) is 0 Å². The molecule has 0 amide bonds. The fourth-order valence-electron chi connectivity index (χ4n) is 0.234. The van der Waals surface area contributed by atoms with Gasteiger partial charge in [-0.2, -0.15) is 0 Å². The molecule has 0 heterocycles. The van der Waals surface area contributed by atoms with Crippen molar-refractivity contribution in [2.24, 2.45) is 0 Å². The number of aliphatic carboxylic acids is 3. The van der Waals surface area contributed by atoms with Crippen LogP contribution in [0, 0.1) is 41.3 Å². The predicted molar refractivity (Wildman–Crippen MR) is 62.2 cm³/mol. The Morgan fingerprint density at radius 1 is 0.591 bits per heavy atom. The van der Waals surface area contributed by atoms with Crippen molar-refractivity contribution in [3.05, 3.63) is 0 Å². The molecule has 0 rings (SSSR count). The normalized spacial score (nSPS) is 12.8. The molecule has 0 aromatic heterocycles. The van der Waals surface area contributed by atoms with E-state index in [2.05, 4.69) is 0 Å². The Morgan fingerprint density at radius 3 is 0.727 bits per heavy atom. The first kappa shape index (κ1) is 29.5. The minimum Gasteiger partial charge on any atom is -0.479 e. The van der Waals surface area contributed by atoms with Gasteiger partial charge in [0.25, 0.3) is 0 Å². The summed E-state index contributed by atoms with van der Waals surface area (Å²) in [5, 5.41) is 71.2. The molecule has 0 spiro atoms. The maximum atomic E-state index is 9.52. The van der Waals surface area contributed by atoms with Gasteiger partial charge in [-0.25, -0.2) is 14.4 Å². The summed E-state index contributed by atoms with van der Waals surface area (Å²) < 4.78 is 0. The number of aliphatic hydroxyl groups is 6. The van der Waals surface area contributed by atoms with E-state index in [1.165, 1.54) is 0 Å². The van der Waals surface area contributed by atoms with Gasteiger partial charge in [-0.1, -0.05) is 0 Å². The van der Waals surface area contributed by atoms with Gasteiger partial charge in [0.15, 0.2) is 18.3 Å². The molecule has 3 unspecified atom stereocenters. The standard InChI is InChI=1S/3C3H6O4.Pr/c3*4-1-2(5)3(6)7;/h3*2,4-5H,1H2,(H,6,7);. The zero-order chi connectivity index (χ0) is 17.6. The van der Waals surface area contributed by atoms with E-state index < -0.39 is 56.0 Å². The molecule has 0 aliphatic heterocycles. The van der Waals surface area contributed by atoms with Crippen molar-refractivity contribution in [2.75, 3.05) is 19.8 Å². The van der Waals surface area contributed by atoms with E-state index >= 15 is 0 Å². The average molecular weight is 459 g/mol. The van der Waals surface area contributed by atoms with Crippen molar-refractivity contribution >= 4 is 17.9 Å². The van der Waals surface area contributed by atoms with Crippen LogP contribution in [0.4, 0.5) is 0 Å². The zero-order valence-electron chi connectivity index (χ0n) is 11.2. The molecule has 0 fully saturated rings. The number of carboxylic acid groups (broad SMARTS) is 3. The maximum Gasteiger partial charge on any atom is 0.334 e.